The number of hydrogen-bond acceptors (Lipinski definition) is 3. The Balaban J connectivity index is 3.14. The Morgan fingerprint density at radius 1 is 1.53 bits per heavy atom. The van der Waals surface area contributed by atoms with Crippen molar-refractivity contribution in [2.24, 2.45) is 0 Å². The summed E-state index contributed by atoms with van der Waals surface area (Å²) in [5, 5.41) is 8.88. The average molecular weight is 309 g/mol. The normalized spacial score (nSPS) is 11.1. The van der Waals surface area contributed by atoms with Crippen LogP contribution >= 0.6 is 15.9 Å². The van der Waals surface area contributed by atoms with Crippen LogP contribution in [0.25, 0.3) is 0 Å². The Bertz CT molecular complexity index is 454. The lowest BCUT2D eigenvalue weighted by Gasteiger charge is -2.12. The molecule has 0 N–H and O–H groups in total. The standard InChI is InChI=1S/C10H8BrF3N2O/c1-6-4-9(17-10(12,13)14)16-8(5-11)7(6)2-3-15/h4H,2,5H2,1H3. The van der Waals surface area contributed by atoms with Crippen LogP contribution in [0, 0.1) is 18.3 Å². The molecule has 1 aromatic rings. The van der Waals surface area contributed by atoms with Crippen LogP contribution in [-0.4, -0.2) is 11.3 Å². The smallest absolute Gasteiger partial charge is 0.388 e. The van der Waals surface area contributed by atoms with Gasteiger partial charge in [0.2, 0.25) is 5.88 Å². The highest BCUT2D eigenvalue weighted by molar-refractivity contribution is 9.08. The highest BCUT2D eigenvalue weighted by Gasteiger charge is 2.32. The second kappa shape index (κ2) is 5.36. The van der Waals surface area contributed by atoms with E-state index >= 15 is 0 Å². The van der Waals surface area contributed by atoms with Gasteiger partial charge in [0.25, 0.3) is 0 Å². The van der Waals surface area contributed by atoms with Crippen LogP contribution in [0.2, 0.25) is 0 Å². The van der Waals surface area contributed by atoms with Crippen LogP contribution in [0.15, 0.2) is 6.07 Å². The van der Waals surface area contributed by atoms with Gasteiger partial charge in [0, 0.05) is 11.4 Å². The van der Waals surface area contributed by atoms with Gasteiger partial charge in [0.1, 0.15) is 0 Å². The molecule has 0 saturated heterocycles. The van der Waals surface area contributed by atoms with Crippen molar-refractivity contribution in [3.63, 3.8) is 0 Å². The van der Waals surface area contributed by atoms with Crippen LogP contribution in [0.5, 0.6) is 5.88 Å². The van der Waals surface area contributed by atoms with E-state index in [9.17, 15) is 13.2 Å². The zero-order valence-electron chi connectivity index (χ0n) is 8.81. The molecule has 0 atom stereocenters. The number of aryl methyl sites for hydroxylation is 1. The molecular weight excluding hydrogens is 301 g/mol. The first-order valence-electron chi connectivity index (χ1n) is 4.55. The molecule has 0 aliphatic carbocycles. The first-order chi connectivity index (χ1) is 7.87. The van der Waals surface area contributed by atoms with Gasteiger partial charge < -0.3 is 4.74 Å². The van der Waals surface area contributed by atoms with Crippen molar-refractivity contribution in [2.45, 2.75) is 25.0 Å². The third-order valence-corrected chi connectivity index (χ3v) is 2.54. The number of hydrogen-bond donors (Lipinski definition) is 0. The van der Waals surface area contributed by atoms with Gasteiger partial charge in [-0.2, -0.15) is 5.26 Å². The van der Waals surface area contributed by atoms with Gasteiger partial charge in [-0.1, -0.05) is 15.9 Å². The van der Waals surface area contributed by atoms with Gasteiger partial charge in [0.15, 0.2) is 0 Å². The number of nitrogens with zero attached hydrogens (tertiary/aromatic N) is 2. The molecule has 17 heavy (non-hydrogen) atoms. The van der Waals surface area contributed by atoms with Gasteiger partial charge in [-0.05, 0) is 18.1 Å². The van der Waals surface area contributed by atoms with Crippen LogP contribution in [0.4, 0.5) is 13.2 Å². The molecule has 0 aromatic carbocycles. The van der Waals surface area contributed by atoms with Gasteiger partial charge in [-0.3, -0.25) is 0 Å². The summed E-state index contributed by atoms with van der Waals surface area (Å²) >= 11 is 3.12. The fraction of sp³-hybridized carbons (Fsp3) is 0.400. The summed E-state index contributed by atoms with van der Waals surface area (Å²) in [6.07, 6.45) is -4.66. The molecule has 0 fully saturated rings. The summed E-state index contributed by atoms with van der Waals surface area (Å²) in [4.78, 5) is 3.72. The summed E-state index contributed by atoms with van der Waals surface area (Å²) in [5.41, 5.74) is 1.56. The van der Waals surface area contributed by atoms with Gasteiger partial charge in [0.05, 0.1) is 18.2 Å². The first-order valence-corrected chi connectivity index (χ1v) is 5.67. The summed E-state index contributed by atoms with van der Waals surface area (Å²) in [5.74, 6) is -0.508. The van der Waals surface area contributed by atoms with E-state index in [0.717, 1.165) is 0 Å². The fourth-order valence-corrected chi connectivity index (χ4v) is 1.80. The van der Waals surface area contributed by atoms with E-state index in [2.05, 4.69) is 25.7 Å². The van der Waals surface area contributed by atoms with Crippen molar-refractivity contribution < 1.29 is 17.9 Å². The Morgan fingerprint density at radius 2 is 2.18 bits per heavy atom. The predicted octanol–water partition coefficient (Wildman–Crippen LogP) is 3.25. The molecular formula is C10H8BrF3N2O. The van der Waals surface area contributed by atoms with E-state index in [-0.39, 0.29) is 11.8 Å². The molecule has 1 heterocycles. The number of alkyl halides is 4. The second-order valence-corrected chi connectivity index (χ2v) is 3.78. The highest BCUT2D eigenvalue weighted by atomic mass is 79.9. The molecule has 1 aromatic heterocycles. The van der Waals surface area contributed by atoms with Crippen LogP contribution in [0.3, 0.4) is 0 Å². The topological polar surface area (TPSA) is 45.9 Å². The van der Waals surface area contributed by atoms with Crippen LogP contribution < -0.4 is 4.74 Å². The van der Waals surface area contributed by atoms with Crippen molar-refractivity contribution in [3.8, 4) is 11.9 Å². The minimum Gasteiger partial charge on any atom is -0.388 e. The number of rotatable bonds is 3. The maximum Gasteiger partial charge on any atom is 0.574 e. The zero-order chi connectivity index (χ0) is 13.1. The van der Waals surface area contributed by atoms with E-state index < -0.39 is 12.2 Å². The molecule has 0 spiro atoms. The van der Waals surface area contributed by atoms with Crippen molar-refractivity contribution in [3.05, 3.63) is 22.9 Å². The molecule has 0 bridgehead atoms. The van der Waals surface area contributed by atoms with E-state index in [1.807, 2.05) is 6.07 Å². The Labute approximate surface area is 104 Å². The lowest BCUT2D eigenvalue weighted by molar-refractivity contribution is -0.276. The SMILES string of the molecule is Cc1cc(OC(F)(F)F)nc(CBr)c1CC#N. The van der Waals surface area contributed by atoms with Crippen LogP contribution in [0.1, 0.15) is 16.8 Å². The maximum absolute atomic E-state index is 12.0. The number of aromatic nitrogens is 1. The maximum atomic E-state index is 12.0. The fourth-order valence-electron chi connectivity index (χ4n) is 1.33. The molecule has 92 valence electrons. The molecule has 0 aliphatic rings. The largest absolute Gasteiger partial charge is 0.574 e. The molecule has 7 heteroatoms. The quantitative estimate of drug-likeness (QED) is 0.805. The predicted molar refractivity (Wildman–Crippen MR) is 57.6 cm³/mol. The molecule has 0 aliphatic heterocycles. The third kappa shape index (κ3) is 3.89. The van der Waals surface area contributed by atoms with E-state index in [1.54, 1.807) is 6.92 Å². The summed E-state index contributed by atoms with van der Waals surface area (Å²) in [6.45, 7) is 1.61. The van der Waals surface area contributed by atoms with Crippen molar-refractivity contribution >= 4 is 15.9 Å². The molecule has 3 nitrogen and oxygen atoms in total. The lowest BCUT2D eigenvalue weighted by Crippen LogP contribution is -2.18. The van der Waals surface area contributed by atoms with Crippen LogP contribution in [-0.2, 0) is 11.8 Å². The molecule has 1 rings (SSSR count). The highest BCUT2D eigenvalue weighted by Crippen LogP contribution is 2.25. The number of halogens is 4. The summed E-state index contributed by atoms with van der Waals surface area (Å²) < 4.78 is 39.8. The summed E-state index contributed by atoms with van der Waals surface area (Å²) in [6, 6.07) is 3.12. The average Bonchev–Trinajstić information content (AvgIpc) is 2.19. The molecule has 0 saturated carbocycles. The second-order valence-electron chi connectivity index (χ2n) is 3.22. The monoisotopic (exact) mass is 308 g/mol. The van der Waals surface area contributed by atoms with Gasteiger partial charge in [-0.15, -0.1) is 13.2 Å². The minimum absolute atomic E-state index is 0.103. The third-order valence-electron chi connectivity index (χ3n) is 2.01. The van der Waals surface area contributed by atoms with E-state index in [4.69, 9.17) is 5.26 Å². The summed E-state index contributed by atoms with van der Waals surface area (Å²) in [7, 11) is 0. The van der Waals surface area contributed by atoms with Gasteiger partial charge in [-0.25, -0.2) is 4.98 Å². The molecule has 0 amide bonds. The Hall–Kier alpha value is -1.29. The number of pyridine rings is 1. The Morgan fingerprint density at radius 3 is 2.65 bits per heavy atom. The van der Waals surface area contributed by atoms with E-state index in [1.165, 1.54) is 6.07 Å². The zero-order valence-corrected chi connectivity index (χ0v) is 10.4. The number of nitriles is 1. The molecule has 0 unspecified atom stereocenters. The van der Waals surface area contributed by atoms with Crippen molar-refractivity contribution in [1.29, 1.82) is 5.26 Å². The minimum atomic E-state index is -4.76. The number of ether oxygens (including phenoxy) is 1. The van der Waals surface area contributed by atoms with E-state index in [0.29, 0.717) is 16.8 Å². The van der Waals surface area contributed by atoms with Crippen molar-refractivity contribution in [2.75, 3.05) is 0 Å². The molecule has 0 radical (unpaired) electrons. The Kier molecular flexibility index (Phi) is 4.34. The lowest BCUT2D eigenvalue weighted by atomic mass is 10.1. The van der Waals surface area contributed by atoms with Crippen molar-refractivity contribution in [1.82, 2.24) is 4.98 Å². The first kappa shape index (κ1) is 13.8. The van der Waals surface area contributed by atoms with Gasteiger partial charge >= 0.3 is 6.36 Å².